The molecular formula is C28H29NO4. The second kappa shape index (κ2) is 9.82. The quantitative estimate of drug-likeness (QED) is 0.509. The summed E-state index contributed by atoms with van der Waals surface area (Å²) in [5, 5.41) is 10.9. The first-order valence-electron chi connectivity index (χ1n) is 11.2. The van der Waals surface area contributed by atoms with E-state index in [1.807, 2.05) is 48.5 Å². The molecule has 0 aromatic heterocycles. The molecule has 0 radical (unpaired) electrons. The lowest BCUT2D eigenvalue weighted by atomic mass is 9.92. The first kappa shape index (κ1) is 22.5. The normalized spacial score (nSPS) is 15.8. The van der Waals surface area contributed by atoms with Crippen LogP contribution in [0, 0.1) is 0 Å². The highest BCUT2D eigenvalue weighted by Gasteiger charge is 2.40. The number of aryl methyl sites for hydroxylation is 1. The van der Waals surface area contributed by atoms with E-state index in [9.17, 15) is 9.90 Å². The van der Waals surface area contributed by atoms with Crippen LogP contribution in [0.2, 0.25) is 0 Å². The standard InChI is InChI=1S/C28H29NO4/c1-4-19-10-13-22(14-11-19)26-25(21-8-6-5-7-9-21)27(30)28(31)29(26)17-16-20-12-15-23(32-2)24(18-20)33-3/h5-15,18,26,30H,4,16-17H2,1-3H3/t26-/m1/s1. The number of carbonyl (C=O) groups is 1. The van der Waals surface area contributed by atoms with Crippen molar-refractivity contribution < 1.29 is 19.4 Å². The van der Waals surface area contributed by atoms with E-state index in [-0.39, 0.29) is 17.7 Å². The van der Waals surface area contributed by atoms with Crippen LogP contribution in [0.4, 0.5) is 0 Å². The minimum atomic E-state index is -0.356. The third-order valence-electron chi connectivity index (χ3n) is 6.18. The van der Waals surface area contributed by atoms with Crippen LogP contribution in [0.5, 0.6) is 11.5 Å². The lowest BCUT2D eigenvalue weighted by Crippen LogP contribution is -2.32. The predicted octanol–water partition coefficient (Wildman–Crippen LogP) is 5.36. The Hall–Kier alpha value is -3.73. The van der Waals surface area contributed by atoms with Crippen molar-refractivity contribution >= 4 is 11.5 Å². The van der Waals surface area contributed by atoms with Gasteiger partial charge in [-0.2, -0.15) is 0 Å². The highest BCUT2D eigenvalue weighted by molar-refractivity contribution is 6.05. The molecule has 4 rings (SSSR count). The van der Waals surface area contributed by atoms with E-state index in [0.29, 0.717) is 30.0 Å². The molecule has 1 aliphatic heterocycles. The summed E-state index contributed by atoms with van der Waals surface area (Å²) in [5.41, 5.74) is 4.73. The van der Waals surface area contributed by atoms with Crippen LogP contribution < -0.4 is 9.47 Å². The Balaban J connectivity index is 1.68. The van der Waals surface area contributed by atoms with Crippen molar-refractivity contribution in [2.45, 2.75) is 25.8 Å². The molecule has 0 spiro atoms. The number of ether oxygens (including phenoxy) is 2. The first-order valence-corrected chi connectivity index (χ1v) is 11.2. The molecule has 1 amide bonds. The first-order chi connectivity index (χ1) is 16.1. The van der Waals surface area contributed by atoms with Gasteiger partial charge in [-0.25, -0.2) is 0 Å². The van der Waals surface area contributed by atoms with Crippen molar-refractivity contribution in [2.24, 2.45) is 0 Å². The van der Waals surface area contributed by atoms with Gasteiger partial charge >= 0.3 is 0 Å². The van der Waals surface area contributed by atoms with Crippen LogP contribution >= 0.6 is 0 Å². The summed E-state index contributed by atoms with van der Waals surface area (Å²) in [4.78, 5) is 15.0. The van der Waals surface area contributed by atoms with Gasteiger partial charge in [0.25, 0.3) is 5.91 Å². The van der Waals surface area contributed by atoms with Crippen LogP contribution in [-0.4, -0.2) is 36.7 Å². The van der Waals surface area contributed by atoms with Crippen LogP contribution in [0.3, 0.4) is 0 Å². The maximum absolute atomic E-state index is 13.2. The fourth-order valence-corrected chi connectivity index (χ4v) is 4.36. The Labute approximate surface area is 194 Å². The molecule has 1 heterocycles. The third kappa shape index (κ3) is 4.44. The fourth-order valence-electron chi connectivity index (χ4n) is 4.36. The highest BCUT2D eigenvalue weighted by Crippen LogP contribution is 2.43. The molecular weight excluding hydrogens is 414 g/mol. The number of aliphatic hydroxyl groups is 1. The van der Waals surface area contributed by atoms with Crippen molar-refractivity contribution in [2.75, 3.05) is 20.8 Å². The molecule has 1 atom stereocenters. The monoisotopic (exact) mass is 443 g/mol. The van der Waals surface area contributed by atoms with Gasteiger partial charge in [0.15, 0.2) is 17.3 Å². The van der Waals surface area contributed by atoms with Gasteiger partial charge in [0.2, 0.25) is 0 Å². The number of nitrogens with zero attached hydrogens (tertiary/aromatic N) is 1. The van der Waals surface area contributed by atoms with Crippen molar-refractivity contribution in [3.8, 4) is 11.5 Å². The minimum absolute atomic E-state index is 0.182. The Kier molecular flexibility index (Phi) is 6.68. The number of aliphatic hydroxyl groups excluding tert-OH is 1. The van der Waals surface area contributed by atoms with Gasteiger partial charge in [0, 0.05) is 12.1 Å². The summed E-state index contributed by atoms with van der Waals surface area (Å²) in [6.07, 6.45) is 1.56. The van der Waals surface area contributed by atoms with Crippen LogP contribution in [-0.2, 0) is 17.6 Å². The zero-order chi connectivity index (χ0) is 23.4. The van der Waals surface area contributed by atoms with E-state index in [4.69, 9.17) is 9.47 Å². The molecule has 0 fully saturated rings. The van der Waals surface area contributed by atoms with Gasteiger partial charge in [0.1, 0.15) is 0 Å². The lowest BCUT2D eigenvalue weighted by molar-refractivity contribution is -0.129. The summed E-state index contributed by atoms with van der Waals surface area (Å²) < 4.78 is 10.7. The van der Waals surface area contributed by atoms with E-state index in [1.54, 1.807) is 19.1 Å². The summed E-state index contributed by atoms with van der Waals surface area (Å²) in [7, 11) is 3.21. The van der Waals surface area contributed by atoms with E-state index in [1.165, 1.54) is 5.56 Å². The van der Waals surface area contributed by atoms with Crippen LogP contribution in [0.1, 0.15) is 35.2 Å². The maximum atomic E-state index is 13.2. The molecule has 5 heteroatoms. The molecule has 0 aliphatic carbocycles. The summed E-state index contributed by atoms with van der Waals surface area (Å²) in [6, 6.07) is 23.3. The molecule has 33 heavy (non-hydrogen) atoms. The number of benzene rings is 3. The Morgan fingerprint density at radius 3 is 2.18 bits per heavy atom. The van der Waals surface area contributed by atoms with Gasteiger partial charge < -0.3 is 19.5 Å². The zero-order valence-corrected chi connectivity index (χ0v) is 19.2. The number of amides is 1. The largest absolute Gasteiger partial charge is 0.503 e. The Morgan fingerprint density at radius 2 is 1.55 bits per heavy atom. The van der Waals surface area contributed by atoms with E-state index in [0.717, 1.165) is 23.1 Å². The Morgan fingerprint density at radius 1 is 0.879 bits per heavy atom. The van der Waals surface area contributed by atoms with Gasteiger partial charge in [-0.15, -0.1) is 0 Å². The van der Waals surface area contributed by atoms with Gasteiger partial charge in [-0.1, -0.05) is 67.6 Å². The molecule has 0 saturated heterocycles. The average molecular weight is 444 g/mol. The number of hydrogen-bond donors (Lipinski definition) is 1. The number of rotatable bonds is 8. The van der Waals surface area contributed by atoms with Crippen molar-refractivity contribution in [1.82, 2.24) is 4.90 Å². The molecule has 3 aromatic rings. The predicted molar refractivity (Wildman–Crippen MR) is 130 cm³/mol. The number of carbonyl (C=O) groups excluding carboxylic acids is 1. The van der Waals surface area contributed by atoms with E-state index < -0.39 is 0 Å². The SMILES string of the molecule is CCc1ccc([C@@H]2C(c3ccccc3)=C(O)C(=O)N2CCc2ccc(OC)c(OC)c2)cc1. The topological polar surface area (TPSA) is 59.0 Å². The summed E-state index contributed by atoms with van der Waals surface area (Å²) >= 11 is 0. The second-order valence-electron chi connectivity index (χ2n) is 8.06. The second-order valence-corrected chi connectivity index (χ2v) is 8.06. The molecule has 0 unspecified atom stereocenters. The van der Waals surface area contributed by atoms with Gasteiger partial charge in [-0.3, -0.25) is 4.79 Å². The minimum Gasteiger partial charge on any atom is -0.503 e. The van der Waals surface area contributed by atoms with E-state index >= 15 is 0 Å². The van der Waals surface area contributed by atoms with Crippen molar-refractivity contribution in [3.05, 3.63) is 101 Å². The molecule has 1 N–H and O–H groups in total. The Bertz CT molecular complexity index is 1150. The average Bonchev–Trinajstić information content (AvgIpc) is 3.12. The summed E-state index contributed by atoms with van der Waals surface area (Å²) in [6.45, 7) is 2.57. The molecule has 170 valence electrons. The molecule has 5 nitrogen and oxygen atoms in total. The third-order valence-corrected chi connectivity index (χ3v) is 6.18. The van der Waals surface area contributed by atoms with Gasteiger partial charge in [0.05, 0.1) is 20.3 Å². The van der Waals surface area contributed by atoms with Crippen LogP contribution in [0.15, 0.2) is 78.6 Å². The fraction of sp³-hybridized carbons (Fsp3) is 0.250. The molecule has 1 aliphatic rings. The number of methoxy groups -OCH3 is 2. The molecule has 0 saturated carbocycles. The van der Waals surface area contributed by atoms with Crippen molar-refractivity contribution in [3.63, 3.8) is 0 Å². The molecule has 3 aromatic carbocycles. The highest BCUT2D eigenvalue weighted by atomic mass is 16.5. The smallest absolute Gasteiger partial charge is 0.289 e. The maximum Gasteiger partial charge on any atom is 0.289 e. The molecule has 0 bridgehead atoms. The summed E-state index contributed by atoms with van der Waals surface area (Å²) in [5.74, 6) is 0.787. The van der Waals surface area contributed by atoms with Crippen LogP contribution in [0.25, 0.3) is 5.57 Å². The lowest BCUT2D eigenvalue weighted by Gasteiger charge is -2.27. The number of hydrogen-bond acceptors (Lipinski definition) is 4. The zero-order valence-electron chi connectivity index (χ0n) is 19.2. The van der Waals surface area contributed by atoms with Crippen molar-refractivity contribution in [1.29, 1.82) is 0 Å². The van der Waals surface area contributed by atoms with E-state index in [2.05, 4.69) is 31.2 Å². The van der Waals surface area contributed by atoms with Gasteiger partial charge in [-0.05, 0) is 47.2 Å².